The van der Waals surface area contributed by atoms with E-state index in [0.717, 1.165) is 52.9 Å². The molecule has 0 unspecified atom stereocenters. The van der Waals surface area contributed by atoms with Gasteiger partial charge in [0, 0.05) is 29.9 Å². The van der Waals surface area contributed by atoms with E-state index in [1.165, 1.54) is 15.3 Å². The number of alkyl halides is 1. The predicted octanol–water partition coefficient (Wildman–Crippen LogP) is 4.11. The number of fused-ring (bicyclic) bond motifs is 2. The Morgan fingerprint density at radius 2 is 2.08 bits per heavy atom. The van der Waals surface area contributed by atoms with Gasteiger partial charge in [0.15, 0.2) is 11.8 Å². The standard InChI is InChI=1S/C19H20FN5S/c1-12-6-14(7-15-8-25(11-20)23-18(12)15)17-10-24-9-16(22-19(24)26-17)13-2-4-21-5-3-13/h6-10,13,21H,2-5,11H2,1H3. The molecule has 0 radical (unpaired) electrons. The third-order valence-electron chi connectivity index (χ3n) is 5.19. The lowest BCUT2D eigenvalue weighted by molar-refractivity contribution is 0.351. The van der Waals surface area contributed by atoms with Crippen LogP contribution in [0.5, 0.6) is 0 Å². The molecule has 0 spiro atoms. The van der Waals surface area contributed by atoms with Gasteiger partial charge in [-0.3, -0.25) is 4.40 Å². The zero-order valence-electron chi connectivity index (χ0n) is 14.6. The van der Waals surface area contributed by atoms with E-state index in [1.807, 2.05) is 6.92 Å². The first-order chi connectivity index (χ1) is 12.7. The van der Waals surface area contributed by atoms with Crippen molar-refractivity contribution in [3.63, 3.8) is 0 Å². The highest BCUT2D eigenvalue weighted by atomic mass is 32.1. The summed E-state index contributed by atoms with van der Waals surface area (Å²) in [4.78, 5) is 7.07. The average molecular weight is 369 g/mol. The zero-order valence-corrected chi connectivity index (χ0v) is 15.4. The van der Waals surface area contributed by atoms with Gasteiger partial charge in [-0.1, -0.05) is 11.3 Å². The zero-order chi connectivity index (χ0) is 17.7. The van der Waals surface area contributed by atoms with Crippen LogP contribution in [0.4, 0.5) is 4.39 Å². The molecular formula is C19H20FN5S. The first-order valence-electron chi connectivity index (χ1n) is 8.94. The summed E-state index contributed by atoms with van der Waals surface area (Å²) in [6, 6.07) is 4.21. The van der Waals surface area contributed by atoms with Gasteiger partial charge in [0.05, 0.1) is 16.1 Å². The molecule has 1 aliphatic rings. The van der Waals surface area contributed by atoms with Crippen LogP contribution in [-0.4, -0.2) is 32.3 Å². The van der Waals surface area contributed by atoms with E-state index in [4.69, 9.17) is 4.98 Å². The van der Waals surface area contributed by atoms with Gasteiger partial charge in [0.1, 0.15) is 0 Å². The molecule has 4 aromatic rings. The average Bonchev–Trinajstić information content (AvgIpc) is 3.34. The summed E-state index contributed by atoms with van der Waals surface area (Å²) in [5.74, 6) is 0.567. The van der Waals surface area contributed by atoms with Crippen LogP contribution in [0.25, 0.3) is 26.3 Å². The van der Waals surface area contributed by atoms with Crippen LogP contribution in [-0.2, 0) is 6.80 Å². The largest absolute Gasteiger partial charge is 0.317 e. The second-order valence-corrected chi connectivity index (χ2v) is 8.00. The highest BCUT2D eigenvalue weighted by Gasteiger charge is 2.19. The number of nitrogens with one attached hydrogen (secondary N) is 1. The Kier molecular flexibility index (Phi) is 3.79. The van der Waals surface area contributed by atoms with E-state index in [9.17, 15) is 4.39 Å². The van der Waals surface area contributed by atoms with Crippen LogP contribution in [0.15, 0.2) is 30.7 Å². The third-order valence-corrected chi connectivity index (χ3v) is 6.23. The molecule has 3 aromatic heterocycles. The molecule has 7 heteroatoms. The fourth-order valence-electron chi connectivity index (χ4n) is 3.82. The van der Waals surface area contributed by atoms with Crippen molar-refractivity contribution in [2.75, 3.05) is 13.1 Å². The van der Waals surface area contributed by atoms with Crippen LogP contribution in [0, 0.1) is 6.92 Å². The maximum absolute atomic E-state index is 12.9. The number of imidazole rings is 1. The van der Waals surface area contributed by atoms with Crippen molar-refractivity contribution in [1.82, 2.24) is 24.5 Å². The Labute approximate surface area is 154 Å². The molecule has 0 bridgehead atoms. The van der Waals surface area contributed by atoms with Gasteiger partial charge in [-0.05, 0) is 56.1 Å². The normalized spacial score (nSPS) is 16.1. The molecule has 0 saturated carbocycles. The number of aryl methyl sites for hydroxylation is 1. The molecule has 1 saturated heterocycles. The molecule has 4 heterocycles. The number of rotatable bonds is 3. The number of halogens is 1. The number of hydrogen-bond acceptors (Lipinski definition) is 4. The maximum atomic E-state index is 12.9. The lowest BCUT2D eigenvalue weighted by Crippen LogP contribution is -2.26. The van der Waals surface area contributed by atoms with Crippen molar-refractivity contribution in [3.05, 3.63) is 42.0 Å². The van der Waals surface area contributed by atoms with Crippen LogP contribution in [0.3, 0.4) is 0 Å². The lowest BCUT2D eigenvalue weighted by Gasteiger charge is -2.20. The Morgan fingerprint density at radius 1 is 1.23 bits per heavy atom. The maximum Gasteiger partial charge on any atom is 0.194 e. The number of piperidine rings is 1. The minimum absolute atomic E-state index is 0.567. The van der Waals surface area contributed by atoms with Gasteiger partial charge in [-0.2, -0.15) is 5.10 Å². The van der Waals surface area contributed by atoms with Crippen LogP contribution >= 0.6 is 11.3 Å². The molecule has 26 heavy (non-hydrogen) atoms. The number of hydrogen-bond donors (Lipinski definition) is 1. The molecular weight excluding hydrogens is 349 g/mol. The molecule has 0 atom stereocenters. The van der Waals surface area contributed by atoms with Crippen LogP contribution in [0.2, 0.25) is 0 Å². The van der Waals surface area contributed by atoms with Gasteiger partial charge in [0.2, 0.25) is 0 Å². The van der Waals surface area contributed by atoms with E-state index < -0.39 is 6.80 Å². The predicted molar refractivity (Wildman–Crippen MR) is 102 cm³/mol. The summed E-state index contributed by atoms with van der Waals surface area (Å²) >= 11 is 1.70. The second kappa shape index (κ2) is 6.17. The van der Waals surface area contributed by atoms with Gasteiger partial charge in [-0.15, -0.1) is 0 Å². The molecule has 1 N–H and O–H groups in total. The van der Waals surface area contributed by atoms with Gasteiger partial charge < -0.3 is 5.32 Å². The number of aromatic nitrogens is 4. The van der Waals surface area contributed by atoms with E-state index in [2.05, 4.69) is 39.3 Å². The van der Waals surface area contributed by atoms with Crippen molar-refractivity contribution in [2.45, 2.75) is 32.5 Å². The van der Waals surface area contributed by atoms with Crippen molar-refractivity contribution in [2.24, 2.45) is 0 Å². The molecule has 5 nitrogen and oxygen atoms in total. The Hall–Kier alpha value is -2.25. The van der Waals surface area contributed by atoms with Crippen molar-refractivity contribution < 1.29 is 4.39 Å². The van der Waals surface area contributed by atoms with E-state index in [-0.39, 0.29) is 0 Å². The quantitative estimate of drug-likeness (QED) is 0.591. The fourth-order valence-corrected chi connectivity index (χ4v) is 4.79. The monoisotopic (exact) mass is 369 g/mol. The van der Waals surface area contributed by atoms with Gasteiger partial charge >= 0.3 is 0 Å². The lowest BCUT2D eigenvalue weighted by atomic mass is 9.95. The molecule has 0 aliphatic carbocycles. The van der Waals surface area contributed by atoms with Crippen molar-refractivity contribution in [3.8, 4) is 10.4 Å². The second-order valence-electron chi connectivity index (χ2n) is 6.99. The minimum atomic E-state index is -0.601. The minimum Gasteiger partial charge on any atom is -0.317 e. The summed E-state index contributed by atoms with van der Waals surface area (Å²) in [6.07, 6.45) is 8.41. The Bertz CT molecular complexity index is 1050. The molecule has 1 aromatic carbocycles. The topological polar surface area (TPSA) is 47.1 Å². The van der Waals surface area contributed by atoms with Gasteiger partial charge in [0.25, 0.3) is 0 Å². The smallest absolute Gasteiger partial charge is 0.194 e. The molecule has 1 aliphatic heterocycles. The Balaban J connectivity index is 1.52. The van der Waals surface area contributed by atoms with Gasteiger partial charge in [-0.25, -0.2) is 14.1 Å². The summed E-state index contributed by atoms with van der Waals surface area (Å²) in [7, 11) is 0. The summed E-state index contributed by atoms with van der Waals surface area (Å²) < 4.78 is 16.4. The van der Waals surface area contributed by atoms with Crippen LogP contribution in [0.1, 0.15) is 30.0 Å². The highest BCUT2D eigenvalue weighted by Crippen LogP contribution is 2.34. The molecule has 0 amide bonds. The van der Waals surface area contributed by atoms with Crippen molar-refractivity contribution >= 4 is 27.2 Å². The third kappa shape index (κ3) is 2.62. The van der Waals surface area contributed by atoms with Crippen molar-refractivity contribution in [1.29, 1.82) is 0 Å². The first kappa shape index (κ1) is 16.0. The summed E-state index contributed by atoms with van der Waals surface area (Å²) in [5, 5.41) is 8.66. The molecule has 134 valence electrons. The molecule has 5 rings (SSSR count). The van der Waals surface area contributed by atoms with E-state index in [1.54, 1.807) is 17.5 Å². The number of nitrogens with zero attached hydrogens (tertiary/aromatic N) is 4. The van der Waals surface area contributed by atoms with E-state index >= 15 is 0 Å². The number of benzene rings is 1. The molecule has 1 fully saturated rings. The highest BCUT2D eigenvalue weighted by molar-refractivity contribution is 7.20. The summed E-state index contributed by atoms with van der Waals surface area (Å²) in [5.41, 5.74) is 4.26. The summed E-state index contributed by atoms with van der Waals surface area (Å²) in [6.45, 7) is 3.57. The van der Waals surface area contributed by atoms with E-state index in [0.29, 0.717) is 5.92 Å². The Morgan fingerprint density at radius 3 is 2.85 bits per heavy atom. The number of thiazole rings is 1. The SMILES string of the molecule is Cc1cc(-c2cn3cc(C4CCNCC4)nc3s2)cc2cn(CF)nc12. The first-order valence-corrected chi connectivity index (χ1v) is 9.76. The van der Waals surface area contributed by atoms with Crippen LogP contribution < -0.4 is 5.32 Å². The fraction of sp³-hybridized carbons (Fsp3) is 0.368.